The summed E-state index contributed by atoms with van der Waals surface area (Å²) in [6, 6.07) is 10.9. The second kappa shape index (κ2) is 9.83. The van der Waals surface area contributed by atoms with Crippen molar-refractivity contribution >= 4 is 17.5 Å². The fourth-order valence-electron chi connectivity index (χ4n) is 2.70. The van der Waals surface area contributed by atoms with Crippen LogP contribution in [0.1, 0.15) is 40.1 Å². The average molecular weight is 371 g/mol. The predicted octanol–water partition coefficient (Wildman–Crippen LogP) is 3.46. The molecule has 0 bridgehead atoms. The molecule has 0 fully saturated rings. The molecule has 0 aromatic heterocycles. The molecule has 6 heteroatoms. The van der Waals surface area contributed by atoms with Gasteiger partial charge in [-0.05, 0) is 49.8 Å². The molecule has 0 aliphatic rings. The van der Waals surface area contributed by atoms with Gasteiger partial charge in [-0.25, -0.2) is 4.39 Å². The van der Waals surface area contributed by atoms with Gasteiger partial charge in [0.2, 0.25) is 0 Å². The Hall–Kier alpha value is -2.73. The van der Waals surface area contributed by atoms with Gasteiger partial charge in [0.15, 0.2) is 0 Å². The van der Waals surface area contributed by atoms with Gasteiger partial charge in [0.05, 0.1) is 5.56 Å². The van der Waals surface area contributed by atoms with Crippen LogP contribution in [0.3, 0.4) is 0 Å². The summed E-state index contributed by atoms with van der Waals surface area (Å²) >= 11 is 0. The van der Waals surface area contributed by atoms with Gasteiger partial charge < -0.3 is 15.5 Å². The van der Waals surface area contributed by atoms with E-state index in [0.29, 0.717) is 17.8 Å². The Bertz CT molecular complexity index is 804. The predicted molar refractivity (Wildman–Crippen MR) is 106 cm³/mol. The highest BCUT2D eigenvalue weighted by atomic mass is 19.1. The second-order valence-corrected chi connectivity index (χ2v) is 6.25. The van der Waals surface area contributed by atoms with E-state index in [1.54, 1.807) is 24.3 Å². The van der Waals surface area contributed by atoms with Gasteiger partial charge in [-0.15, -0.1) is 0 Å². The SMILES string of the molecule is CCN(CC)CCNC(=O)c1ccc(C)c(NC(=O)c2ccccc2F)c1. The van der Waals surface area contributed by atoms with Crippen LogP contribution in [-0.4, -0.2) is 42.9 Å². The Morgan fingerprint density at radius 1 is 1.04 bits per heavy atom. The normalized spacial score (nSPS) is 10.7. The van der Waals surface area contributed by atoms with Crippen molar-refractivity contribution in [1.82, 2.24) is 10.2 Å². The molecule has 2 rings (SSSR count). The highest BCUT2D eigenvalue weighted by Gasteiger charge is 2.14. The van der Waals surface area contributed by atoms with Crippen LogP contribution in [0.25, 0.3) is 0 Å². The molecule has 5 nitrogen and oxygen atoms in total. The highest BCUT2D eigenvalue weighted by Crippen LogP contribution is 2.19. The summed E-state index contributed by atoms with van der Waals surface area (Å²) in [5, 5.41) is 5.57. The van der Waals surface area contributed by atoms with Gasteiger partial charge in [-0.3, -0.25) is 9.59 Å². The van der Waals surface area contributed by atoms with E-state index in [2.05, 4.69) is 29.4 Å². The van der Waals surface area contributed by atoms with E-state index in [4.69, 9.17) is 0 Å². The van der Waals surface area contributed by atoms with Crippen molar-refractivity contribution < 1.29 is 14.0 Å². The minimum absolute atomic E-state index is 0.0361. The van der Waals surface area contributed by atoms with E-state index >= 15 is 0 Å². The molecule has 2 amide bonds. The zero-order valence-corrected chi connectivity index (χ0v) is 16.0. The van der Waals surface area contributed by atoms with Crippen molar-refractivity contribution in [2.24, 2.45) is 0 Å². The Labute approximate surface area is 159 Å². The van der Waals surface area contributed by atoms with Crippen LogP contribution in [-0.2, 0) is 0 Å². The Morgan fingerprint density at radius 3 is 2.41 bits per heavy atom. The van der Waals surface area contributed by atoms with Crippen LogP contribution in [0, 0.1) is 12.7 Å². The molecule has 0 atom stereocenters. The minimum atomic E-state index is -0.585. The summed E-state index contributed by atoms with van der Waals surface area (Å²) in [5.74, 6) is -1.34. The van der Waals surface area contributed by atoms with Crippen molar-refractivity contribution in [3.63, 3.8) is 0 Å². The van der Waals surface area contributed by atoms with Gasteiger partial charge in [0.1, 0.15) is 5.82 Å². The van der Waals surface area contributed by atoms with Crippen molar-refractivity contribution in [2.75, 3.05) is 31.5 Å². The van der Waals surface area contributed by atoms with E-state index in [0.717, 1.165) is 25.2 Å². The number of halogens is 1. The molecule has 0 aliphatic heterocycles. The van der Waals surface area contributed by atoms with E-state index < -0.39 is 11.7 Å². The van der Waals surface area contributed by atoms with Crippen LogP contribution in [0.4, 0.5) is 10.1 Å². The van der Waals surface area contributed by atoms with Gasteiger partial charge in [-0.1, -0.05) is 32.0 Å². The summed E-state index contributed by atoms with van der Waals surface area (Å²) in [4.78, 5) is 26.9. The number of rotatable bonds is 8. The summed E-state index contributed by atoms with van der Waals surface area (Å²) in [7, 11) is 0. The average Bonchev–Trinajstić information content (AvgIpc) is 2.67. The van der Waals surface area contributed by atoms with E-state index in [1.165, 1.54) is 18.2 Å². The van der Waals surface area contributed by atoms with E-state index in [9.17, 15) is 14.0 Å². The van der Waals surface area contributed by atoms with Crippen molar-refractivity contribution in [1.29, 1.82) is 0 Å². The van der Waals surface area contributed by atoms with Crippen LogP contribution in [0.15, 0.2) is 42.5 Å². The molecule has 0 heterocycles. The third kappa shape index (κ3) is 5.62. The van der Waals surface area contributed by atoms with Gasteiger partial charge in [0.25, 0.3) is 11.8 Å². The summed E-state index contributed by atoms with van der Waals surface area (Å²) in [6.45, 7) is 9.17. The van der Waals surface area contributed by atoms with Crippen LogP contribution >= 0.6 is 0 Å². The molecule has 0 radical (unpaired) electrons. The maximum Gasteiger partial charge on any atom is 0.258 e. The summed E-state index contributed by atoms with van der Waals surface area (Å²) in [6.07, 6.45) is 0. The largest absolute Gasteiger partial charge is 0.351 e. The first-order valence-corrected chi connectivity index (χ1v) is 9.13. The lowest BCUT2D eigenvalue weighted by atomic mass is 10.1. The molecule has 2 aromatic carbocycles. The zero-order chi connectivity index (χ0) is 19.8. The number of carbonyl (C=O) groups is 2. The maximum absolute atomic E-state index is 13.8. The van der Waals surface area contributed by atoms with Gasteiger partial charge >= 0.3 is 0 Å². The molecule has 2 N–H and O–H groups in total. The lowest BCUT2D eigenvalue weighted by Gasteiger charge is -2.18. The Morgan fingerprint density at radius 2 is 1.74 bits per heavy atom. The number of aryl methyl sites for hydroxylation is 1. The number of likely N-dealkylation sites (N-methyl/N-ethyl adjacent to an activating group) is 1. The number of carbonyl (C=O) groups excluding carboxylic acids is 2. The summed E-state index contributed by atoms with van der Waals surface area (Å²) in [5.41, 5.74) is 1.69. The Kier molecular flexibility index (Phi) is 7.49. The van der Waals surface area contributed by atoms with Crippen LogP contribution in [0.5, 0.6) is 0 Å². The quantitative estimate of drug-likeness (QED) is 0.747. The second-order valence-electron chi connectivity index (χ2n) is 6.25. The van der Waals surface area contributed by atoms with Crippen molar-refractivity contribution in [2.45, 2.75) is 20.8 Å². The van der Waals surface area contributed by atoms with E-state index in [-0.39, 0.29) is 11.5 Å². The lowest BCUT2D eigenvalue weighted by molar-refractivity contribution is 0.0947. The standard InChI is InChI=1S/C21H26FN3O2/c1-4-25(5-2)13-12-23-20(26)16-11-10-15(3)19(14-16)24-21(27)17-8-6-7-9-18(17)22/h6-11,14H,4-5,12-13H2,1-3H3,(H,23,26)(H,24,27). The number of benzene rings is 2. The molecule has 0 aliphatic carbocycles. The highest BCUT2D eigenvalue weighted by molar-refractivity contribution is 6.05. The molecular formula is C21H26FN3O2. The molecule has 0 unspecified atom stereocenters. The number of nitrogens with one attached hydrogen (secondary N) is 2. The van der Waals surface area contributed by atoms with Crippen LogP contribution in [0.2, 0.25) is 0 Å². The molecule has 0 saturated heterocycles. The molecule has 27 heavy (non-hydrogen) atoms. The lowest BCUT2D eigenvalue weighted by Crippen LogP contribution is -2.34. The van der Waals surface area contributed by atoms with Gasteiger partial charge in [-0.2, -0.15) is 0 Å². The van der Waals surface area contributed by atoms with Crippen molar-refractivity contribution in [3.8, 4) is 0 Å². The van der Waals surface area contributed by atoms with Gasteiger partial charge in [0, 0.05) is 24.3 Å². The first kappa shape index (κ1) is 20.6. The summed E-state index contributed by atoms with van der Waals surface area (Å²) < 4.78 is 13.8. The Balaban J connectivity index is 2.06. The molecule has 0 saturated carbocycles. The van der Waals surface area contributed by atoms with E-state index in [1.807, 2.05) is 6.92 Å². The monoisotopic (exact) mass is 371 g/mol. The third-order valence-corrected chi connectivity index (χ3v) is 4.47. The number of anilines is 1. The minimum Gasteiger partial charge on any atom is -0.351 e. The molecule has 144 valence electrons. The maximum atomic E-state index is 13.8. The number of nitrogens with zero attached hydrogens (tertiary/aromatic N) is 1. The number of hydrogen-bond donors (Lipinski definition) is 2. The smallest absolute Gasteiger partial charge is 0.258 e. The number of hydrogen-bond acceptors (Lipinski definition) is 3. The first-order valence-electron chi connectivity index (χ1n) is 9.13. The molecule has 2 aromatic rings. The topological polar surface area (TPSA) is 61.4 Å². The van der Waals surface area contributed by atoms with Crippen molar-refractivity contribution in [3.05, 3.63) is 65.0 Å². The zero-order valence-electron chi connectivity index (χ0n) is 16.0. The molecule has 0 spiro atoms. The fraction of sp³-hybridized carbons (Fsp3) is 0.333. The number of amides is 2. The fourth-order valence-corrected chi connectivity index (χ4v) is 2.70. The third-order valence-electron chi connectivity index (χ3n) is 4.47. The first-order chi connectivity index (χ1) is 13.0. The molecular weight excluding hydrogens is 345 g/mol. The van der Waals surface area contributed by atoms with Crippen LogP contribution < -0.4 is 10.6 Å².